The highest BCUT2D eigenvalue weighted by molar-refractivity contribution is 6.01. The van der Waals surface area contributed by atoms with Crippen LogP contribution in [-0.2, 0) is 4.79 Å². The number of nitrogens with zero attached hydrogens (tertiary/aromatic N) is 1. The number of hydrogen-bond donors (Lipinski definition) is 0. The van der Waals surface area contributed by atoms with E-state index in [1.807, 2.05) is 6.08 Å². The molecule has 0 unspecified atom stereocenters. The van der Waals surface area contributed by atoms with Gasteiger partial charge in [-0.1, -0.05) is 12.1 Å². The normalized spacial score (nSPS) is 17.4. The van der Waals surface area contributed by atoms with Crippen molar-refractivity contribution < 1.29 is 4.79 Å². The van der Waals surface area contributed by atoms with E-state index in [2.05, 4.69) is 43.0 Å². The lowest BCUT2D eigenvalue weighted by Gasteiger charge is -2.20. The molecule has 0 saturated heterocycles. The van der Waals surface area contributed by atoms with Gasteiger partial charge >= 0.3 is 0 Å². The van der Waals surface area contributed by atoms with Gasteiger partial charge in [-0.05, 0) is 56.0 Å². The molecule has 1 aromatic rings. The predicted octanol–water partition coefficient (Wildman–Crippen LogP) is 3.67. The number of allylic oxidation sites excluding steroid dienone is 1. The Morgan fingerprint density at radius 1 is 1.11 bits per heavy atom. The molecule has 1 aliphatic carbocycles. The van der Waals surface area contributed by atoms with Crippen LogP contribution in [0.1, 0.15) is 38.7 Å². The Balaban J connectivity index is 2.15. The maximum Gasteiger partial charge on any atom is 0.158 e. The van der Waals surface area contributed by atoms with E-state index in [9.17, 15) is 4.79 Å². The molecule has 0 aliphatic heterocycles. The summed E-state index contributed by atoms with van der Waals surface area (Å²) in [4.78, 5) is 13.9. The molecule has 0 bridgehead atoms. The van der Waals surface area contributed by atoms with Gasteiger partial charge in [0.1, 0.15) is 0 Å². The number of anilines is 1. The Hall–Kier alpha value is -1.57. The summed E-state index contributed by atoms with van der Waals surface area (Å²) >= 11 is 0. The summed E-state index contributed by atoms with van der Waals surface area (Å²) in [6, 6.07) is 8.48. The molecule has 0 amide bonds. The van der Waals surface area contributed by atoms with Crippen LogP contribution < -0.4 is 4.90 Å². The largest absolute Gasteiger partial charge is 0.372 e. The Kier molecular flexibility index (Phi) is 4.19. The van der Waals surface area contributed by atoms with E-state index in [1.54, 1.807) is 0 Å². The van der Waals surface area contributed by atoms with E-state index in [0.717, 1.165) is 43.5 Å². The first-order valence-electron chi connectivity index (χ1n) is 6.83. The van der Waals surface area contributed by atoms with Crippen molar-refractivity contribution in [1.82, 2.24) is 0 Å². The van der Waals surface area contributed by atoms with E-state index in [4.69, 9.17) is 0 Å². The Labute approximate surface area is 109 Å². The fourth-order valence-corrected chi connectivity index (χ4v) is 2.46. The van der Waals surface area contributed by atoms with Gasteiger partial charge in [-0.15, -0.1) is 0 Å². The molecule has 2 nitrogen and oxygen atoms in total. The molecule has 1 aliphatic rings. The Bertz CT molecular complexity index is 441. The third kappa shape index (κ3) is 2.81. The van der Waals surface area contributed by atoms with Gasteiger partial charge in [0.2, 0.25) is 0 Å². The van der Waals surface area contributed by atoms with Gasteiger partial charge in [0.05, 0.1) is 0 Å². The maximum atomic E-state index is 11.6. The van der Waals surface area contributed by atoms with Gasteiger partial charge in [-0.3, -0.25) is 4.79 Å². The molecular formula is C16H21NO. The van der Waals surface area contributed by atoms with Crippen LogP contribution in [0.2, 0.25) is 0 Å². The molecule has 1 saturated carbocycles. The van der Waals surface area contributed by atoms with Gasteiger partial charge in [0.15, 0.2) is 5.78 Å². The zero-order chi connectivity index (χ0) is 13.0. The van der Waals surface area contributed by atoms with Crippen molar-refractivity contribution >= 4 is 17.5 Å². The Morgan fingerprint density at radius 3 is 2.28 bits per heavy atom. The zero-order valence-electron chi connectivity index (χ0n) is 11.3. The zero-order valence-corrected chi connectivity index (χ0v) is 11.3. The SMILES string of the molecule is CCN(CC)c1ccc(C=C2CCCC2=O)cc1. The van der Waals surface area contributed by atoms with Crippen LogP contribution >= 0.6 is 0 Å². The number of carbonyl (C=O) groups is 1. The van der Waals surface area contributed by atoms with Crippen molar-refractivity contribution in [3.8, 4) is 0 Å². The molecule has 0 radical (unpaired) electrons. The summed E-state index contributed by atoms with van der Waals surface area (Å²) in [5, 5.41) is 0. The summed E-state index contributed by atoms with van der Waals surface area (Å²) < 4.78 is 0. The van der Waals surface area contributed by atoms with Crippen molar-refractivity contribution in [3.63, 3.8) is 0 Å². The molecule has 0 spiro atoms. The minimum absolute atomic E-state index is 0.322. The van der Waals surface area contributed by atoms with Crippen LogP contribution in [0.25, 0.3) is 6.08 Å². The second kappa shape index (κ2) is 5.85. The molecular weight excluding hydrogens is 222 g/mol. The lowest BCUT2D eigenvalue weighted by atomic mass is 10.1. The lowest BCUT2D eigenvalue weighted by Crippen LogP contribution is -2.21. The predicted molar refractivity (Wildman–Crippen MR) is 76.8 cm³/mol. The van der Waals surface area contributed by atoms with Gasteiger partial charge in [-0.25, -0.2) is 0 Å². The minimum atomic E-state index is 0.322. The van der Waals surface area contributed by atoms with Gasteiger partial charge in [-0.2, -0.15) is 0 Å². The van der Waals surface area contributed by atoms with Gasteiger partial charge < -0.3 is 4.90 Å². The van der Waals surface area contributed by atoms with E-state index in [-0.39, 0.29) is 0 Å². The van der Waals surface area contributed by atoms with Crippen molar-refractivity contribution in [2.75, 3.05) is 18.0 Å². The fraction of sp³-hybridized carbons (Fsp3) is 0.438. The van der Waals surface area contributed by atoms with Crippen molar-refractivity contribution in [2.45, 2.75) is 33.1 Å². The third-order valence-electron chi connectivity index (χ3n) is 3.57. The summed E-state index contributed by atoms with van der Waals surface area (Å²) in [5.41, 5.74) is 3.38. The second-order valence-corrected chi connectivity index (χ2v) is 4.71. The first-order chi connectivity index (χ1) is 8.74. The molecule has 2 rings (SSSR count). The smallest absolute Gasteiger partial charge is 0.158 e. The summed E-state index contributed by atoms with van der Waals surface area (Å²) in [5.74, 6) is 0.322. The maximum absolute atomic E-state index is 11.6. The first kappa shape index (κ1) is 12.9. The van der Waals surface area contributed by atoms with Crippen LogP contribution in [0, 0.1) is 0 Å². The summed E-state index contributed by atoms with van der Waals surface area (Å²) in [7, 11) is 0. The highest BCUT2D eigenvalue weighted by atomic mass is 16.1. The monoisotopic (exact) mass is 243 g/mol. The number of carbonyl (C=O) groups excluding carboxylic acids is 1. The average Bonchev–Trinajstić information content (AvgIpc) is 2.79. The molecule has 0 heterocycles. The third-order valence-corrected chi connectivity index (χ3v) is 3.57. The summed E-state index contributed by atoms with van der Waals surface area (Å²) in [6.45, 7) is 6.37. The quantitative estimate of drug-likeness (QED) is 0.752. The Morgan fingerprint density at radius 2 is 1.78 bits per heavy atom. The number of Topliss-reactive ketones (excluding diaryl/α,β-unsaturated/α-hetero) is 1. The van der Waals surface area contributed by atoms with E-state index in [1.165, 1.54) is 5.69 Å². The van der Waals surface area contributed by atoms with Gasteiger partial charge in [0, 0.05) is 25.2 Å². The average molecular weight is 243 g/mol. The highest BCUT2D eigenvalue weighted by Gasteiger charge is 2.16. The fourth-order valence-electron chi connectivity index (χ4n) is 2.46. The van der Waals surface area contributed by atoms with E-state index in [0.29, 0.717) is 5.78 Å². The molecule has 0 aromatic heterocycles. The van der Waals surface area contributed by atoms with Crippen LogP contribution in [0.15, 0.2) is 29.8 Å². The second-order valence-electron chi connectivity index (χ2n) is 4.71. The first-order valence-corrected chi connectivity index (χ1v) is 6.83. The minimum Gasteiger partial charge on any atom is -0.372 e. The number of benzene rings is 1. The van der Waals surface area contributed by atoms with Crippen LogP contribution in [-0.4, -0.2) is 18.9 Å². The topological polar surface area (TPSA) is 20.3 Å². The number of hydrogen-bond acceptors (Lipinski definition) is 2. The van der Waals surface area contributed by atoms with E-state index < -0.39 is 0 Å². The van der Waals surface area contributed by atoms with Crippen LogP contribution in [0.5, 0.6) is 0 Å². The van der Waals surface area contributed by atoms with E-state index >= 15 is 0 Å². The molecule has 1 aromatic carbocycles. The molecule has 18 heavy (non-hydrogen) atoms. The highest BCUT2D eigenvalue weighted by Crippen LogP contribution is 2.24. The van der Waals surface area contributed by atoms with Crippen LogP contribution in [0.3, 0.4) is 0 Å². The molecule has 0 N–H and O–H groups in total. The van der Waals surface area contributed by atoms with Gasteiger partial charge in [0.25, 0.3) is 0 Å². The molecule has 0 atom stereocenters. The lowest BCUT2D eigenvalue weighted by molar-refractivity contribution is -0.114. The summed E-state index contributed by atoms with van der Waals surface area (Å²) in [6.07, 6.45) is 4.73. The van der Waals surface area contributed by atoms with Crippen LogP contribution in [0.4, 0.5) is 5.69 Å². The molecule has 96 valence electrons. The molecule has 2 heteroatoms. The number of rotatable bonds is 4. The molecule has 1 fully saturated rings. The number of ketones is 1. The van der Waals surface area contributed by atoms with Crippen molar-refractivity contribution in [1.29, 1.82) is 0 Å². The van der Waals surface area contributed by atoms with Crippen molar-refractivity contribution in [3.05, 3.63) is 35.4 Å². The standard InChI is InChI=1S/C16H21NO/c1-3-17(4-2)15-10-8-13(9-11-15)12-14-6-5-7-16(14)18/h8-12H,3-7H2,1-2H3. The van der Waals surface area contributed by atoms with Crippen molar-refractivity contribution in [2.24, 2.45) is 0 Å².